The van der Waals surface area contributed by atoms with E-state index in [0.29, 0.717) is 51.0 Å². The summed E-state index contributed by atoms with van der Waals surface area (Å²) in [5.41, 5.74) is 3.41. The molecule has 0 saturated carbocycles. The van der Waals surface area contributed by atoms with E-state index >= 15 is 0 Å². The van der Waals surface area contributed by atoms with Crippen LogP contribution in [0.1, 0.15) is 58.4 Å². The molecule has 3 heterocycles. The summed E-state index contributed by atoms with van der Waals surface area (Å²) < 4.78 is 14.7. The molecule has 0 unspecified atom stereocenters. The fraction of sp³-hybridized carbons (Fsp3) is 0.171. The van der Waals surface area contributed by atoms with Crippen LogP contribution in [0.2, 0.25) is 5.02 Å². The van der Waals surface area contributed by atoms with Gasteiger partial charge < -0.3 is 9.15 Å². The second kappa shape index (κ2) is 12.0. The van der Waals surface area contributed by atoms with Gasteiger partial charge in [-0.25, -0.2) is 14.2 Å². The number of para-hydroxylation sites is 2. The number of halogens is 1. The third kappa shape index (κ3) is 5.58. The van der Waals surface area contributed by atoms with Gasteiger partial charge in [0.05, 0.1) is 45.1 Å². The van der Waals surface area contributed by atoms with Crippen molar-refractivity contribution in [3.05, 3.63) is 151 Å². The Balaban J connectivity index is 1.53. The lowest BCUT2D eigenvalue weighted by molar-refractivity contribution is 0.0378. The lowest BCUT2D eigenvalue weighted by Gasteiger charge is -2.13. The van der Waals surface area contributed by atoms with E-state index in [1.165, 1.54) is 9.36 Å². The number of hydrogen-bond donors (Lipinski definition) is 2. The van der Waals surface area contributed by atoms with Gasteiger partial charge in [-0.05, 0) is 82.3 Å². The zero-order valence-electron chi connectivity index (χ0n) is 25.1. The predicted octanol–water partition coefficient (Wildman–Crippen LogP) is 6.92. The number of carbonyl (C=O) groups excluding carboxylic acids is 1. The molecule has 0 radical (unpaired) electrons. The molecule has 6 rings (SSSR count). The number of H-pyrrole nitrogens is 2. The fourth-order valence-electron chi connectivity index (χ4n) is 5.52. The first-order valence-corrected chi connectivity index (χ1v) is 14.9. The first-order valence-electron chi connectivity index (χ1n) is 14.5. The van der Waals surface area contributed by atoms with Crippen molar-refractivity contribution < 1.29 is 13.9 Å². The lowest BCUT2D eigenvalue weighted by Crippen LogP contribution is -2.25. The minimum Gasteiger partial charge on any atom is -0.460 e. The number of rotatable bonds is 8. The van der Waals surface area contributed by atoms with Gasteiger partial charge in [0, 0.05) is 17.0 Å². The van der Waals surface area contributed by atoms with E-state index in [2.05, 4.69) is 10.2 Å². The highest BCUT2D eigenvalue weighted by Gasteiger charge is 2.33. The number of furan rings is 1. The molecule has 45 heavy (non-hydrogen) atoms. The molecule has 0 atom stereocenters. The topological polar surface area (TPSA) is 115 Å². The minimum atomic E-state index is -0.862. The van der Waals surface area contributed by atoms with Gasteiger partial charge in [-0.15, -0.1) is 0 Å². The zero-order valence-corrected chi connectivity index (χ0v) is 25.9. The van der Waals surface area contributed by atoms with Gasteiger partial charge in [0.2, 0.25) is 0 Å². The molecule has 0 aliphatic carbocycles. The maximum absolute atomic E-state index is 14.1. The summed E-state index contributed by atoms with van der Waals surface area (Å²) in [7, 11) is 0. The smallest absolute Gasteiger partial charge is 0.339 e. The first-order chi connectivity index (χ1) is 21.6. The number of hydrogen-bond acceptors (Lipinski definition) is 5. The van der Waals surface area contributed by atoms with Crippen LogP contribution in [0.4, 0.5) is 0 Å². The van der Waals surface area contributed by atoms with Crippen LogP contribution < -0.4 is 11.1 Å². The second-order valence-corrected chi connectivity index (χ2v) is 11.4. The van der Waals surface area contributed by atoms with Gasteiger partial charge in [0.1, 0.15) is 11.5 Å². The largest absolute Gasteiger partial charge is 0.460 e. The number of nitrogens with zero attached hydrogens (tertiary/aromatic N) is 2. The normalized spacial score (nSPS) is 11.4. The van der Waals surface area contributed by atoms with Crippen molar-refractivity contribution in [3.8, 4) is 22.7 Å². The molecule has 0 amide bonds. The molecule has 0 bridgehead atoms. The first kappa shape index (κ1) is 29.8. The van der Waals surface area contributed by atoms with Crippen molar-refractivity contribution in [2.45, 2.75) is 39.7 Å². The van der Waals surface area contributed by atoms with Crippen LogP contribution in [0.15, 0.2) is 105 Å². The SMILES string of the molecule is Cc1[nH]n(-c2ccccc2)c(=O)c1C(c1ccc(-c2ccc(Cl)c(C(=O)OC(C)C)c2)o1)c1c(C)[nH]n(-c2ccccc2)c1=O. The van der Waals surface area contributed by atoms with Crippen LogP contribution in [0.5, 0.6) is 0 Å². The van der Waals surface area contributed by atoms with Crippen LogP contribution in [0.25, 0.3) is 22.7 Å². The predicted molar refractivity (Wildman–Crippen MR) is 173 cm³/mol. The van der Waals surface area contributed by atoms with E-state index in [-0.39, 0.29) is 27.8 Å². The maximum atomic E-state index is 14.1. The second-order valence-electron chi connectivity index (χ2n) is 11.0. The average molecular weight is 623 g/mol. The Bertz CT molecular complexity index is 2020. The summed E-state index contributed by atoms with van der Waals surface area (Å²) in [5.74, 6) is -0.599. The highest BCUT2D eigenvalue weighted by molar-refractivity contribution is 6.33. The van der Waals surface area contributed by atoms with Gasteiger partial charge in [-0.1, -0.05) is 48.0 Å². The Morgan fingerprint density at radius 1 is 0.778 bits per heavy atom. The van der Waals surface area contributed by atoms with E-state index in [1.54, 1.807) is 58.0 Å². The fourth-order valence-corrected chi connectivity index (χ4v) is 5.72. The van der Waals surface area contributed by atoms with Crippen molar-refractivity contribution in [1.29, 1.82) is 0 Å². The Morgan fingerprint density at radius 3 is 1.82 bits per heavy atom. The van der Waals surface area contributed by atoms with Crippen LogP contribution in [-0.2, 0) is 4.74 Å². The Morgan fingerprint density at radius 2 is 1.31 bits per heavy atom. The van der Waals surface area contributed by atoms with E-state index in [4.69, 9.17) is 20.8 Å². The summed E-state index contributed by atoms with van der Waals surface area (Å²) >= 11 is 6.34. The maximum Gasteiger partial charge on any atom is 0.339 e. The minimum absolute atomic E-state index is 0.205. The van der Waals surface area contributed by atoms with Crippen LogP contribution in [0, 0.1) is 13.8 Å². The molecule has 0 aliphatic heterocycles. The standard InChI is InChI=1S/C35H31ClN4O5/c1-20(2)44-35(43)26-19-23(15-16-27(26)36)28-17-18-29(45-28)32(30-21(3)37-39(33(30)41)24-11-7-5-8-12-24)31-22(4)38-40(34(31)42)25-13-9-6-10-14-25/h5-20,32,37-38H,1-4H3. The Hall–Kier alpha value is -5.28. The molecule has 2 N–H and O–H groups in total. The molecule has 6 aromatic rings. The number of aromatic amines is 2. The van der Waals surface area contributed by atoms with E-state index in [1.807, 2.05) is 60.7 Å². The van der Waals surface area contributed by atoms with Gasteiger partial charge in [-0.3, -0.25) is 19.8 Å². The van der Waals surface area contributed by atoms with Gasteiger partial charge >= 0.3 is 5.97 Å². The van der Waals surface area contributed by atoms with Crippen LogP contribution in [-0.4, -0.2) is 31.6 Å². The number of benzene rings is 3. The number of aryl methyl sites for hydroxylation is 2. The molecule has 3 aromatic heterocycles. The van der Waals surface area contributed by atoms with Gasteiger partial charge in [0.15, 0.2) is 0 Å². The lowest BCUT2D eigenvalue weighted by atomic mass is 9.89. The Kier molecular flexibility index (Phi) is 7.95. The van der Waals surface area contributed by atoms with Crippen LogP contribution in [0.3, 0.4) is 0 Å². The van der Waals surface area contributed by atoms with Crippen molar-refractivity contribution in [3.63, 3.8) is 0 Å². The molecule has 0 fully saturated rings. The molecule has 0 saturated heterocycles. The van der Waals surface area contributed by atoms with E-state index in [0.717, 1.165) is 0 Å². The molecule has 3 aromatic carbocycles. The van der Waals surface area contributed by atoms with E-state index in [9.17, 15) is 14.4 Å². The zero-order chi connectivity index (χ0) is 31.8. The van der Waals surface area contributed by atoms with E-state index < -0.39 is 11.9 Å². The highest BCUT2D eigenvalue weighted by atomic mass is 35.5. The summed E-state index contributed by atoms with van der Waals surface area (Å²) in [6.07, 6.45) is -0.317. The molecule has 10 heteroatoms. The van der Waals surface area contributed by atoms with Gasteiger partial charge in [0.25, 0.3) is 11.1 Å². The van der Waals surface area contributed by atoms with Crippen molar-refractivity contribution in [1.82, 2.24) is 19.6 Å². The number of ether oxygens (including phenoxy) is 1. The van der Waals surface area contributed by atoms with Gasteiger partial charge in [-0.2, -0.15) is 0 Å². The molecule has 0 aliphatic rings. The summed E-state index contributed by atoms with van der Waals surface area (Å²) in [6.45, 7) is 7.13. The van der Waals surface area contributed by atoms with Crippen molar-refractivity contribution in [2.24, 2.45) is 0 Å². The third-order valence-corrected chi connectivity index (χ3v) is 7.89. The number of aromatic nitrogens is 4. The molecular formula is C35H31ClN4O5. The number of nitrogens with one attached hydrogen (secondary N) is 2. The Labute approximate surface area is 263 Å². The summed E-state index contributed by atoms with van der Waals surface area (Å²) in [5, 5.41) is 6.62. The summed E-state index contributed by atoms with van der Waals surface area (Å²) in [6, 6.07) is 26.9. The van der Waals surface area contributed by atoms with Crippen molar-refractivity contribution in [2.75, 3.05) is 0 Å². The monoisotopic (exact) mass is 622 g/mol. The van der Waals surface area contributed by atoms with Crippen LogP contribution >= 0.6 is 11.6 Å². The summed E-state index contributed by atoms with van der Waals surface area (Å²) in [4.78, 5) is 40.9. The number of esters is 1. The average Bonchev–Trinajstić information content (AvgIpc) is 3.71. The molecule has 9 nitrogen and oxygen atoms in total. The molecule has 0 spiro atoms. The quantitative estimate of drug-likeness (QED) is 0.179. The van der Waals surface area contributed by atoms with Crippen molar-refractivity contribution >= 4 is 17.6 Å². The highest BCUT2D eigenvalue weighted by Crippen LogP contribution is 2.36. The molecular weight excluding hydrogens is 592 g/mol. The number of carbonyl (C=O) groups is 1. The third-order valence-electron chi connectivity index (χ3n) is 7.56. The molecule has 228 valence electrons.